The Bertz CT molecular complexity index is 942. The second kappa shape index (κ2) is 5.55. The van der Waals surface area contributed by atoms with E-state index in [1.807, 2.05) is 18.2 Å². The number of halogens is 3. The molecule has 0 atom stereocenters. The van der Waals surface area contributed by atoms with Gasteiger partial charge in [0, 0.05) is 43.3 Å². The van der Waals surface area contributed by atoms with E-state index in [1.54, 1.807) is 11.1 Å². The molecule has 130 valence electrons. The summed E-state index contributed by atoms with van der Waals surface area (Å²) in [5.74, 6) is -0.0755. The van der Waals surface area contributed by atoms with Gasteiger partial charge in [-0.05, 0) is 18.2 Å². The fraction of sp³-hybridized carbons (Fsp3) is 0.312. The Kier molecular flexibility index (Phi) is 3.57. The predicted octanol–water partition coefficient (Wildman–Crippen LogP) is 3.29. The van der Waals surface area contributed by atoms with Crippen LogP contribution in [0.25, 0.3) is 10.2 Å². The lowest BCUT2D eigenvalue weighted by atomic mass is 9.95. The first-order chi connectivity index (χ1) is 11.8. The highest BCUT2D eigenvalue weighted by atomic mass is 32.1. The van der Waals surface area contributed by atoms with Gasteiger partial charge in [-0.15, -0.1) is 11.3 Å². The number of carbonyl (C=O) groups excluding carboxylic acids is 1. The van der Waals surface area contributed by atoms with E-state index in [0.717, 1.165) is 17.0 Å². The maximum Gasteiger partial charge on any atom is 0.435 e. The van der Waals surface area contributed by atoms with Crippen LogP contribution in [0.15, 0.2) is 30.5 Å². The molecule has 0 aliphatic carbocycles. The third-order valence-electron chi connectivity index (χ3n) is 4.27. The molecule has 1 fully saturated rings. The molecule has 0 unspecified atom stereocenters. The molecular formula is C16H13F3N4OS. The molecule has 25 heavy (non-hydrogen) atoms. The van der Waals surface area contributed by atoms with Crippen LogP contribution in [0.5, 0.6) is 0 Å². The van der Waals surface area contributed by atoms with Gasteiger partial charge in [0.05, 0.1) is 4.88 Å². The van der Waals surface area contributed by atoms with Crippen LogP contribution in [0.4, 0.5) is 13.2 Å². The van der Waals surface area contributed by atoms with Crippen molar-refractivity contribution in [2.24, 2.45) is 7.05 Å². The molecular weight excluding hydrogens is 353 g/mol. The van der Waals surface area contributed by atoms with Crippen LogP contribution in [0.1, 0.15) is 27.0 Å². The number of alkyl halides is 3. The molecule has 3 aromatic rings. The van der Waals surface area contributed by atoms with Gasteiger partial charge in [-0.2, -0.15) is 18.3 Å². The van der Waals surface area contributed by atoms with Crippen molar-refractivity contribution in [1.82, 2.24) is 19.7 Å². The third kappa shape index (κ3) is 2.68. The summed E-state index contributed by atoms with van der Waals surface area (Å²) in [6.07, 6.45) is -2.83. The van der Waals surface area contributed by atoms with Crippen molar-refractivity contribution in [2.45, 2.75) is 12.1 Å². The van der Waals surface area contributed by atoms with Crippen LogP contribution in [-0.2, 0) is 13.2 Å². The summed E-state index contributed by atoms with van der Waals surface area (Å²) in [5.41, 5.74) is -0.0262. The molecule has 0 bridgehead atoms. The second-order valence-corrected chi connectivity index (χ2v) is 6.99. The van der Waals surface area contributed by atoms with Gasteiger partial charge >= 0.3 is 6.18 Å². The van der Waals surface area contributed by atoms with Gasteiger partial charge in [0.2, 0.25) is 0 Å². The van der Waals surface area contributed by atoms with E-state index in [-0.39, 0.29) is 17.2 Å². The number of fused-ring (bicyclic) bond motifs is 1. The molecule has 1 aliphatic rings. The first-order valence-electron chi connectivity index (χ1n) is 7.58. The number of nitrogens with zero attached hydrogens (tertiary/aromatic N) is 4. The van der Waals surface area contributed by atoms with Crippen molar-refractivity contribution in [3.05, 3.63) is 46.7 Å². The summed E-state index contributed by atoms with van der Waals surface area (Å²) in [6, 6.07) is 6.93. The monoisotopic (exact) mass is 366 g/mol. The van der Waals surface area contributed by atoms with E-state index in [1.165, 1.54) is 17.8 Å². The lowest BCUT2D eigenvalue weighted by molar-refractivity contribution is -0.140. The minimum absolute atomic E-state index is 0.0230. The Hall–Kier alpha value is -2.42. The summed E-state index contributed by atoms with van der Waals surface area (Å²) in [6.45, 7) is 1.04. The first kappa shape index (κ1) is 16.1. The van der Waals surface area contributed by atoms with Crippen molar-refractivity contribution in [3.8, 4) is 0 Å². The summed E-state index contributed by atoms with van der Waals surface area (Å²) in [7, 11) is 1.45. The minimum atomic E-state index is -4.54. The number of thiophene rings is 1. The number of aromatic nitrogens is 3. The van der Waals surface area contributed by atoms with Crippen molar-refractivity contribution in [2.75, 3.05) is 13.1 Å². The van der Waals surface area contributed by atoms with Crippen LogP contribution in [-0.4, -0.2) is 38.7 Å². The molecule has 0 radical (unpaired) electrons. The van der Waals surface area contributed by atoms with E-state index in [4.69, 9.17) is 0 Å². The van der Waals surface area contributed by atoms with Crippen molar-refractivity contribution < 1.29 is 18.0 Å². The quantitative estimate of drug-likeness (QED) is 0.699. The van der Waals surface area contributed by atoms with Crippen molar-refractivity contribution >= 4 is 27.5 Å². The molecule has 4 rings (SSSR count). The fourth-order valence-electron chi connectivity index (χ4n) is 2.96. The second-order valence-electron chi connectivity index (χ2n) is 5.96. The Labute approximate surface area is 144 Å². The van der Waals surface area contributed by atoms with Gasteiger partial charge in [0.15, 0.2) is 5.69 Å². The smallest absolute Gasteiger partial charge is 0.336 e. The van der Waals surface area contributed by atoms with Gasteiger partial charge in [-0.25, -0.2) is 0 Å². The molecule has 1 saturated heterocycles. The topological polar surface area (TPSA) is 51.0 Å². The molecule has 9 heteroatoms. The van der Waals surface area contributed by atoms with Crippen LogP contribution in [0.3, 0.4) is 0 Å². The largest absolute Gasteiger partial charge is 0.435 e. The highest BCUT2D eigenvalue weighted by Gasteiger charge is 2.39. The average molecular weight is 366 g/mol. The Balaban J connectivity index is 1.56. The fourth-order valence-corrected chi connectivity index (χ4v) is 4.00. The highest BCUT2D eigenvalue weighted by Crippen LogP contribution is 2.38. The lowest BCUT2D eigenvalue weighted by Gasteiger charge is -2.38. The van der Waals surface area contributed by atoms with E-state index >= 15 is 0 Å². The summed E-state index contributed by atoms with van der Waals surface area (Å²) < 4.78 is 40.3. The van der Waals surface area contributed by atoms with Crippen LogP contribution in [0, 0.1) is 0 Å². The predicted molar refractivity (Wildman–Crippen MR) is 86.5 cm³/mol. The molecule has 5 nitrogen and oxygen atoms in total. The van der Waals surface area contributed by atoms with Gasteiger partial charge in [0.25, 0.3) is 5.91 Å². The summed E-state index contributed by atoms with van der Waals surface area (Å²) in [5, 5.41) is 3.50. The molecule has 4 heterocycles. The summed E-state index contributed by atoms with van der Waals surface area (Å²) in [4.78, 5) is 19.1. The number of pyridine rings is 1. The average Bonchev–Trinajstić information content (AvgIpc) is 3.07. The van der Waals surface area contributed by atoms with Crippen molar-refractivity contribution in [1.29, 1.82) is 0 Å². The Morgan fingerprint density at radius 2 is 2.08 bits per heavy atom. The van der Waals surface area contributed by atoms with Gasteiger partial charge in [0.1, 0.15) is 4.83 Å². The molecule has 0 saturated carbocycles. The van der Waals surface area contributed by atoms with Gasteiger partial charge in [-0.1, -0.05) is 6.07 Å². The SMILES string of the molecule is Cn1nc(C(F)(F)F)c2cc(C(=O)N3CC(c4ccccn4)C3)sc21. The molecule has 1 aliphatic heterocycles. The Morgan fingerprint density at radius 1 is 1.32 bits per heavy atom. The van der Waals surface area contributed by atoms with E-state index in [9.17, 15) is 18.0 Å². The first-order valence-corrected chi connectivity index (χ1v) is 8.40. The number of rotatable bonds is 2. The molecule has 3 aromatic heterocycles. The standard InChI is InChI=1S/C16H13F3N4OS/c1-22-15-10(13(21-22)16(17,18)19)6-12(25-15)14(24)23-7-9(8-23)11-4-2-3-5-20-11/h2-6,9H,7-8H2,1H3. The van der Waals surface area contributed by atoms with Crippen LogP contribution in [0.2, 0.25) is 0 Å². The maximum atomic E-state index is 13.0. The zero-order valence-corrected chi connectivity index (χ0v) is 13.9. The van der Waals surface area contributed by atoms with E-state index < -0.39 is 11.9 Å². The Morgan fingerprint density at radius 3 is 2.72 bits per heavy atom. The van der Waals surface area contributed by atoms with Crippen LogP contribution >= 0.6 is 11.3 Å². The number of aryl methyl sites for hydroxylation is 1. The zero-order chi connectivity index (χ0) is 17.8. The van der Waals surface area contributed by atoms with Crippen LogP contribution < -0.4 is 0 Å². The number of hydrogen-bond donors (Lipinski definition) is 0. The third-order valence-corrected chi connectivity index (χ3v) is 5.46. The van der Waals surface area contributed by atoms with E-state index in [0.29, 0.717) is 22.8 Å². The maximum absolute atomic E-state index is 13.0. The van der Waals surface area contributed by atoms with Crippen molar-refractivity contribution in [3.63, 3.8) is 0 Å². The number of likely N-dealkylation sites (tertiary alicyclic amines) is 1. The number of carbonyl (C=O) groups is 1. The molecule has 0 aromatic carbocycles. The highest BCUT2D eigenvalue weighted by molar-refractivity contribution is 7.20. The summed E-state index contributed by atoms with van der Waals surface area (Å²) >= 11 is 1.04. The lowest BCUT2D eigenvalue weighted by Crippen LogP contribution is -2.48. The molecule has 0 spiro atoms. The normalized spacial score (nSPS) is 15.6. The molecule has 1 amide bonds. The number of hydrogen-bond acceptors (Lipinski definition) is 4. The minimum Gasteiger partial charge on any atom is -0.336 e. The van der Waals surface area contributed by atoms with E-state index in [2.05, 4.69) is 10.1 Å². The van der Waals surface area contributed by atoms with Gasteiger partial charge < -0.3 is 4.90 Å². The number of amides is 1. The zero-order valence-electron chi connectivity index (χ0n) is 13.1. The van der Waals surface area contributed by atoms with Gasteiger partial charge in [-0.3, -0.25) is 14.5 Å². The molecule has 0 N–H and O–H groups in total.